The lowest BCUT2D eigenvalue weighted by Crippen LogP contribution is -2.42. The maximum Gasteiger partial charge on any atom is 0.472 e. The molecule has 6 aliphatic heterocycles. The van der Waals surface area contributed by atoms with Crippen molar-refractivity contribution in [2.45, 2.75) is 195 Å². The van der Waals surface area contributed by atoms with Crippen LogP contribution in [0.5, 0.6) is 0 Å². The lowest BCUT2D eigenvalue weighted by atomic mass is 10.1. The van der Waals surface area contributed by atoms with Crippen LogP contribution < -0.4 is 68.1 Å². The van der Waals surface area contributed by atoms with Crippen LogP contribution in [-0.4, -0.2) is 357 Å². The van der Waals surface area contributed by atoms with Crippen molar-refractivity contribution in [2.75, 3.05) is 178 Å². The molecule has 13 rings (SSSR count). The predicted octanol–water partition coefficient (Wildman–Crippen LogP) is -2.23. The number of anilines is 4. The number of methoxy groups -OCH3 is 6. The molecule has 0 saturated carbocycles. The topological polar surface area (TPSA) is 810 Å². The lowest BCUT2D eigenvalue weighted by Gasteiger charge is -2.30. The quantitative estimate of drug-likeness (QED) is 0.0109. The first-order valence-corrected chi connectivity index (χ1v) is 55.4. The standard InChI is InChI=1S/C79H119N18O45P5S2/c1-13-42-50(56(122-21-15-116-8)73(132-42)97-36-84-48-64(97)88-74(83)89-67(48)101)138-143(107,108)127-32-44-51(57(123-22-16-117-9)69(134-44)92-26-37(2)61(80)85-75(92)102)139-144(109,110)128-33-45-52(58(124-23-17-118-10)70(135-45)93-27-38(3)62(81)86-76(93)103)140-145(111,112)129-34-46-53(59(125-24-18-119-11)71(136-46)94-28-39(4)63(82)87-77(94)104)141-147(114,149)131-35-47-54(60(126-25-19-120-12)72(137-47)96-30-41(6)66(100)91-79(96)106)142-146(113,148)130-31-43-49(98)55(121-20-14-115-7)68(133-43)95-29-40(5)65(99)90-78(95)105/h26-30,36,42-47,49-60,68-73,98H,13-25,31-35H2,1-12H3,(H,107,108)(H,109,110)(H,111,112)(H,113,148)(H,114,149)(H2,80,85,102)(H2,81,86,103)(H2,82,87,104)(H,90,99,105)(H,91,100,106)(H3,83,88,89,101)/t42-,43-,44-,45-,46-,47-,49?,50?,51?,52?,53?,54?,55+,56+,57+,58+,59+,60+,68-,69-,70-,71-,72-,73-,146?,147?/m1/s1. The fourth-order valence-electron chi connectivity index (χ4n) is 16.6. The number of nitrogens with one attached hydrogen (secondary N) is 3. The number of hydrogen-bond donors (Lipinski definition) is 13. The van der Waals surface area contributed by atoms with Gasteiger partial charge in [-0.3, -0.25) is 97.5 Å². The first kappa shape index (κ1) is 118. The summed E-state index contributed by atoms with van der Waals surface area (Å²) in [7, 11) is -9.58. The number of H-pyrrole nitrogens is 3. The van der Waals surface area contributed by atoms with Gasteiger partial charge in [-0.15, -0.1) is 0 Å². The van der Waals surface area contributed by atoms with Gasteiger partial charge in [-0.05, 0) is 52.8 Å². The van der Waals surface area contributed by atoms with Crippen molar-refractivity contribution in [1.82, 2.24) is 67.3 Å². The van der Waals surface area contributed by atoms with E-state index in [0.717, 1.165) is 41.4 Å². The minimum absolute atomic E-state index is 0.00502. The fraction of sp³-hybridized carbons (Fsp3) is 0.684. The van der Waals surface area contributed by atoms with Gasteiger partial charge in [0.2, 0.25) is 5.95 Å². The van der Waals surface area contributed by atoms with Crippen molar-refractivity contribution < 1.29 is 173 Å². The molecule has 29 atom stereocenters. The van der Waals surface area contributed by atoms with Crippen LogP contribution in [-0.2, 0) is 161 Å². The third kappa shape index (κ3) is 28.9. The van der Waals surface area contributed by atoms with Gasteiger partial charge in [0.05, 0.1) is 125 Å². The molecule has 63 nitrogen and oxygen atoms in total. The summed E-state index contributed by atoms with van der Waals surface area (Å²) in [5.74, 6) is -1.05. The minimum atomic E-state index is -6.00. The van der Waals surface area contributed by atoms with E-state index >= 15 is 9.13 Å². The zero-order valence-electron chi connectivity index (χ0n) is 81.9. The number of ether oxygens (including phenoxy) is 18. The van der Waals surface area contributed by atoms with E-state index in [4.69, 9.17) is 165 Å². The number of rotatable bonds is 56. The Morgan fingerprint density at radius 2 is 0.664 bits per heavy atom. The second-order valence-electron chi connectivity index (χ2n) is 34.2. The van der Waals surface area contributed by atoms with E-state index < -0.39 is 282 Å². The van der Waals surface area contributed by atoms with Crippen LogP contribution in [0.2, 0.25) is 0 Å². The molecule has 11 unspecified atom stereocenters. The van der Waals surface area contributed by atoms with Crippen molar-refractivity contribution in [2.24, 2.45) is 0 Å². The number of aryl methyl sites for hydroxylation is 5. The number of nitrogens with two attached hydrogens (primary N) is 4. The highest BCUT2D eigenvalue weighted by molar-refractivity contribution is 8.44. The molecule has 6 fully saturated rings. The maximum atomic E-state index is 15.4. The van der Waals surface area contributed by atoms with E-state index in [0.29, 0.717) is 0 Å². The van der Waals surface area contributed by atoms with Crippen molar-refractivity contribution in [3.63, 3.8) is 0 Å². The zero-order valence-corrected chi connectivity index (χ0v) is 88.1. The highest BCUT2D eigenvalue weighted by atomic mass is 32.7. The molecule has 6 aliphatic rings. The second kappa shape index (κ2) is 51.7. The summed E-state index contributed by atoms with van der Waals surface area (Å²) in [5, 5.41) is 11.8. The highest BCUT2D eigenvalue weighted by Crippen LogP contribution is 2.60. The monoisotopic (exact) mass is 2260 g/mol. The molecule has 0 aliphatic carbocycles. The molecule has 0 bridgehead atoms. The van der Waals surface area contributed by atoms with Crippen molar-refractivity contribution in [3.05, 3.63) is 149 Å². The Hall–Kier alpha value is -7.85. The summed E-state index contributed by atoms with van der Waals surface area (Å²) in [5.41, 5.74) is 16.8. The van der Waals surface area contributed by atoms with E-state index in [-0.39, 0.29) is 128 Å². The predicted molar refractivity (Wildman–Crippen MR) is 514 cm³/mol. The Bertz CT molecular complexity index is 6550. The summed E-state index contributed by atoms with van der Waals surface area (Å²) < 4.78 is 233. The second-order valence-corrected chi connectivity index (χ2v) is 44.0. The van der Waals surface area contributed by atoms with Gasteiger partial charge in [-0.1, -0.05) is 19.2 Å². The average Bonchev–Trinajstić information content (AvgIpc) is 1.57. The van der Waals surface area contributed by atoms with E-state index in [9.17, 15) is 72.2 Å². The lowest BCUT2D eigenvalue weighted by molar-refractivity contribution is -0.0854. The van der Waals surface area contributed by atoms with Crippen LogP contribution in [0, 0.1) is 34.6 Å². The maximum absolute atomic E-state index is 15.4. The molecule has 7 aromatic rings. The third-order valence-electron chi connectivity index (χ3n) is 23.9. The van der Waals surface area contributed by atoms with Gasteiger partial charge in [0, 0.05) is 101 Å². The molecule has 70 heteroatoms. The molecule has 0 aromatic carbocycles. The number of nitrogens with zero attached hydrogens (tertiary/aromatic N) is 11. The van der Waals surface area contributed by atoms with Gasteiger partial charge >= 0.3 is 65.4 Å². The van der Waals surface area contributed by atoms with Gasteiger partial charge in [0.15, 0.2) is 48.5 Å². The largest absolute Gasteiger partial charge is 0.472 e. The number of aliphatic hydroxyl groups is 1. The summed E-state index contributed by atoms with van der Waals surface area (Å²) in [6, 6.07) is 0. The number of aromatic nitrogens is 14. The Balaban J connectivity index is 0.800. The summed E-state index contributed by atoms with van der Waals surface area (Å²) in [6.45, 7) is -9.93. The molecular weight excluding hydrogens is 2140 g/mol. The van der Waals surface area contributed by atoms with Crippen LogP contribution in [0.15, 0.2) is 75.7 Å². The van der Waals surface area contributed by atoms with Crippen molar-refractivity contribution in [1.29, 1.82) is 0 Å². The van der Waals surface area contributed by atoms with Gasteiger partial charge in [0.1, 0.15) is 121 Å². The third-order valence-corrected chi connectivity index (χ3v) is 30.1. The molecule has 0 amide bonds. The molecule has 13 heterocycles. The Morgan fingerprint density at radius 3 is 1.03 bits per heavy atom. The van der Waals surface area contributed by atoms with Gasteiger partial charge < -0.3 is 137 Å². The number of imidazole rings is 1. The van der Waals surface area contributed by atoms with Crippen LogP contribution in [0.3, 0.4) is 0 Å². The number of phosphoric acid groups is 3. The summed E-state index contributed by atoms with van der Waals surface area (Å²) in [6.07, 6.45) is -34.5. The van der Waals surface area contributed by atoms with Gasteiger partial charge in [-0.2, -0.15) is 19.9 Å². The zero-order chi connectivity index (χ0) is 108. The molecule has 832 valence electrons. The normalized spacial score (nSPS) is 29.2. The first-order valence-electron chi connectivity index (χ1n) is 45.6. The smallest absolute Gasteiger partial charge is 0.387 e. The van der Waals surface area contributed by atoms with E-state index in [1.807, 2.05) is 0 Å². The number of aliphatic hydroxyl groups excluding tert-OH is 1. The number of aromatic amines is 3. The number of nitrogen functional groups attached to an aromatic ring is 4. The molecule has 16 N–H and O–H groups in total. The van der Waals surface area contributed by atoms with Crippen LogP contribution in [0.4, 0.5) is 23.4 Å². The molecule has 0 spiro atoms. The molecular formula is C79H119N18O45P5S2. The Kier molecular flexibility index (Phi) is 41.0. The van der Waals surface area contributed by atoms with Crippen molar-refractivity contribution in [3.8, 4) is 0 Å². The SMILES string of the molecule is CC[C@H]1O[C@@H](n2cnc3c(=O)[nH]c(N)nc32)[C@@H](OCCOC)C1OP(=O)(O)OC[C@H]1O[C@@H](n2cc(C)c(N)nc2=O)[C@@H](OCCOC)C1OP(=O)(O)OC[C@H]1O[C@@H](n2cc(C)c(N)nc2=O)[C@@H](OCCOC)C1OP(=O)(O)OC[C@H]1O[C@@H](n2cc(C)c(N)nc2=O)[C@@H](OCCOC)C1OP(O)(=S)OC[C@H]1O[C@@H](n2cc(C)c(=O)[nH]c2=O)[C@@H](OCCOC)C1OP(=O)(S)OC[C@H]1O[C@@H](n2cc(C)c(=O)[nH]c2=O)[C@@H](OCCOC)C1O. The molecule has 6 saturated heterocycles. The van der Waals surface area contributed by atoms with Crippen LogP contribution >= 0.6 is 49.2 Å². The summed E-state index contributed by atoms with van der Waals surface area (Å²) in [4.78, 5) is 184. The van der Waals surface area contributed by atoms with Gasteiger partial charge in [0.25, 0.3) is 16.7 Å². The van der Waals surface area contributed by atoms with E-state index in [1.165, 1.54) is 101 Å². The minimum Gasteiger partial charge on any atom is -0.387 e. The number of hydrogen-bond acceptors (Lipinski definition) is 51. The molecule has 0 radical (unpaired) electrons. The van der Waals surface area contributed by atoms with E-state index in [1.54, 1.807) is 6.92 Å². The number of phosphoric ester groups is 3. The van der Waals surface area contributed by atoms with Gasteiger partial charge in [-0.25, -0.2) is 47.2 Å². The highest BCUT2D eigenvalue weighted by Gasteiger charge is 2.60. The van der Waals surface area contributed by atoms with Crippen molar-refractivity contribution >= 4 is 95.6 Å². The molecule has 7 aromatic heterocycles. The van der Waals surface area contributed by atoms with Crippen LogP contribution in [0.1, 0.15) is 78.5 Å². The fourth-order valence-corrected chi connectivity index (χ4v) is 22.4. The number of thiol groups is 1. The number of fused-ring (bicyclic) bond motifs is 1. The Labute approximate surface area is 854 Å². The van der Waals surface area contributed by atoms with E-state index in [2.05, 4.69) is 52.1 Å². The summed E-state index contributed by atoms with van der Waals surface area (Å²) >= 11 is 10.1. The van der Waals surface area contributed by atoms with Crippen LogP contribution in [0.25, 0.3) is 11.2 Å². The first-order chi connectivity index (χ1) is 70.7. The molecule has 149 heavy (non-hydrogen) atoms. The Morgan fingerprint density at radius 1 is 0.369 bits per heavy atom. The average molecular weight is 2260 g/mol.